The number of nitrogens with one attached hydrogen (secondary N) is 2. The van der Waals surface area contributed by atoms with Gasteiger partial charge in [-0.25, -0.2) is 4.79 Å². The van der Waals surface area contributed by atoms with E-state index in [0.29, 0.717) is 23.5 Å². The number of aromatic nitrogens is 2. The monoisotopic (exact) mass is 500 g/mol. The topological polar surface area (TPSA) is 119 Å². The fourth-order valence-corrected chi connectivity index (χ4v) is 4.62. The van der Waals surface area contributed by atoms with Crippen LogP contribution in [0.15, 0.2) is 71.3 Å². The Hall–Kier alpha value is -4.53. The van der Waals surface area contributed by atoms with Gasteiger partial charge in [-0.15, -0.1) is 0 Å². The second kappa shape index (κ2) is 10.6. The molecule has 0 bridgehead atoms. The van der Waals surface area contributed by atoms with Crippen molar-refractivity contribution < 1.29 is 23.8 Å². The van der Waals surface area contributed by atoms with Crippen LogP contribution in [-0.2, 0) is 6.54 Å². The van der Waals surface area contributed by atoms with Crippen LogP contribution in [0.3, 0.4) is 0 Å². The second-order valence-electron chi connectivity index (χ2n) is 9.02. The number of amides is 2. The lowest BCUT2D eigenvalue weighted by Gasteiger charge is -2.12. The molecule has 2 amide bonds. The molecule has 3 N–H and O–H groups in total. The molecule has 0 spiro atoms. The molecule has 0 atom stereocenters. The summed E-state index contributed by atoms with van der Waals surface area (Å²) >= 11 is 0. The van der Waals surface area contributed by atoms with Gasteiger partial charge in [0, 0.05) is 29.8 Å². The van der Waals surface area contributed by atoms with E-state index in [-0.39, 0.29) is 23.5 Å². The Balaban J connectivity index is 1.37. The minimum atomic E-state index is -0.418. The number of ether oxygens (including phenoxy) is 1. The third kappa shape index (κ3) is 5.35. The Morgan fingerprint density at radius 3 is 2.57 bits per heavy atom. The van der Waals surface area contributed by atoms with E-state index in [1.54, 1.807) is 31.4 Å². The number of hydrogen-bond acceptors (Lipinski definition) is 6. The number of carbonyl (C=O) groups excluding carboxylic acids is 2. The summed E-state index contributed by atoms with van der Waals surface area (Å²) in [7, 11) is 1.61. The van der Waals surface area contributed by atoms with Gasteiger partial charge in [-0.05, 0) is 60.9 Å². The zero-order valence-corrected chi connectivity index (χ0v) is 20.4. The molecule has 9 heteroatoms. The largest absolute Gasteiger partial charge is 0.507 e. The summed E-state index contributed by atoms with van der Waals surface area (Å²) in [5.41, 5.74) is 3.14. The molecule has 0 unspecified atom stereocenters. The first-order valence-electron chi connectivity index (χ1n) is 12.2. The van der Waals surface area contributed by atoms with Gasteiger partial charge in [0.05, 0.1) is 24.8 Å². The van der Waals surface area contributed by atoms with Crippen molar-refractivity contribution in [3.63, 3.8) is 0 Å². The number of furan rings is 1. The Bertz CT molecular complexity index is 1390. The zero-order chi connectivity index (χ0) is 25.8. The molecule has 37 heavy (non-hydrogen) atoms. The van der Waals surface area contributed by atoms with E-state index >= 15 is 0 Å². The van der Waals surface area contributed by atoms with E-state index in [1.807, 2.05) is 30.3 Å². The average molecular weight is 501 g/mol. The van der Waals surface area contributed by atoms with Crippen molar-refractivity contribution >= 4 is 17.6 Å². The first kappa shape index (κ1) is 24.2. The van der Waals surface area contributed by atoms with E-state index < -0.39 is 5.91 Å². The number of nitrogens with zero attached hydrogens (tertiary/aromatic N) is 2. The molecule has 0 saturated heterocycles. The summed E-state index contributed by atoms with van der Waals surface area (Å²) in [4.78, 5) is 25.4. The molecule has 1 aliphatic rings. The molecule has 1 saturated carbocycles. The number of aromatic hydroxyl groups is 1. The number of carbonyl (C=O) groups is 2. The van der Waals surface area contributed by atoms with Gasteiger partial charge in [0.25, 0.3) is 5.91 Å². The second-order valence-corrected chi connectivity index (χ2v) is 9.02. The van der Waals surface area contributed by atoms with Crippen molar-refractivity contribution in [1.82, 2.24) is 15.1 Å². The summed E-state index contributed by atoms with van der Waals surface area (Å²) in [5.74, 6) is 0.671. The maximum atomic E-state index is 13.2. The molecule has 1 fully saturated rings. The van der Waals surface area contributed by atoms with Gasteiger partial charge in [-0.2, -0.15) is 9.78 Å². The number of benzene rings is 2. The van der Waals surface area contributed by atoms with Gasteiger partial charge < -0.3 is 24.9 Å². The van der Waals surface area contributed by atoms with Gasteiger partial charge in [-0.1, -0.05) is 25.0 Å². The first-order chi connectivity index (χ1) is 18.0. The lowest BCUT2D eigenvalue weighted by atomic mass is 10.0. The maximum Gasteiger partial charge on any atom is 0.342 e. The molecule has 9 nitrogen and oxygen atoms in total. The van der Waals surface area contributed by atoms with Crippen LogP contribution >= 0.6 is 0 Å². The lowest BCUT2D eigenvalue weighted by Crippen LogP contribution is -2.30. The smallest absolute Gasteiger partial charge is 0.342 e. The highest BCUT2D eigenvalue weighted by Crippen LogP contribution is 2.38. The Labute approximate surface area is 214 Å². The molecule has 4 aromatic rings. The number of phenols is 1. The van der Waals surface area contributed by atoms with E-state index in [9.17, 15) is 14.7 Å². The lowest BCUT2D eigenvalue weighted by molar-refractivity contribution is 0.0996. The minimum absolute atomic E-state index is 0.0569. The predicted octanol–water partition coefficient (Wildman–Crippen LogP) is 5.53. The maximum absolute atomic E-state index is 13.2. The summed E-state index contributed by atoms with van der Waals surface area (Å²) in [5, 5.41) is 21.0. The average Bonchev–Trinajstić information content (AvgIpc) is 3.69. The van der Waals surface area contributed by atoms with Crippen molar-refractivity contribution in [2.75, 3.05) is 12.4 Å². The minimum Gasteiger partial charge on any atom is -0.507 e. The standard InChI is InChI=1S/C28H28N4O5/c1-36-21-11-8-18(9-12-21)17-29-28(35)32-24(19-5-2-3-6-19)16-23(31-32)22-13-10-20(15-25(22)33)30-27(34)26-7-4-14-37-26/h4,7-16,19,33H,2-3,5-6,17H2,1H3,(H,29,35)(H,30,34). The van der Waals surface area contributed by atoms with Crippen LogP contribution < -0.4 is 15.4 Å². The van der Waals surface area contributed by atoms with E-state index in [0.717, 1.165) is 42.7 Å². The molecule has 2 aromatic carbocycles. The van der Waals surface area contributed by atoms with Gasteiger partial charge in [0.2, 0.25) is 0 Å². The predicted molar refractivity (Wildman–Crippen MR) is 138 cm³/mol. The molecule has 2 aromatic heterocycles. The van der Waals surface area contributed by atoms with Crippen LogP contribution in [0.1, 0.15) is 53.4 Å². The van der Waals surface area contributed by atoms with Crippen molar-refractivity contribution in [2.24, 2.45) is 0 Å². The highest BCUT2D eigenvalue weighted by molar-refractivity contribution is 6.02. The highest BCUT2D eigenvalue weighted by atomic mass is 16.5. The number of hydrogen-bond donors (Lipinski definition) is 3. The van der Waals surface area contributed by atoms with Crippen LogP contribution in [0.4, 0.5) is 10.5 Å². The number of methoxy groups -OCH3 is 1. The number of phenolic OH excluding ortho intramolecular Hbond substituents is 1. The Morgan fingerprint density at radius 2 is 1.89 bits per heavy atom. The van der Waals surface area contributed by atoms with E-state index in [1.165, 1.54) is 17.0 Å². The molecular weight excluding hydrogens is 472 g/mol. The molecule has 0 radical (unpaired) electrons. The van der Waals surface area contributed by atoms with Crippen molar-refractivity contribution in [3.05, 3.63) is 83.9 Å². The summed E-state index contributed by atoms with van der Waals surface area (Å²) in [6.07, 6.45) is 5.60. The number of rotatable bonds is 7. The quantitative estimate of drug-likeness (QED) is 0.307. The summed E-state index contributed by atoms with van der Waals surface area (Å²) in [6.45, 7) is 0.345. The third-order valence-corrected chi connectivity index (χ3v) is 6.58. The van der Waals surface area contributed by atoms with Crippen LogP contribution in [0.5, 0.6) is 11.5 Å². The number of anilines is 1. The van der Waals surface area contributed by atoms with Gasteiger partial charge in [0.15, 0.2) is 5.76 Å². The van der Waals surface area contributed by atoms with Crippen LogP contribution in [0.25, 0.3) is 11.3 Å². The van der Waals surface area contributed by atoms with Gasteiger partial charge in [-0.3, -0.25) is 4.79 Å². The molecular formula is C28H28N4O5. The van der Waals surface area contributed by atoms with Gasteiger partial charge >= 0.3 is 6.03 Å². The SMILES string of the molecule is COc1ccc(CNC(=O)n2nc(-c3ccc(NC(=O)c4ccco4)cc3O)cc2C2CCCC2)cc1. The Kier molecular flexibility index (Phi) is 6.93. The van der Waals surface area contributed by atoms with Crippen molar-refractivity contribution in [1.29, 1.82) is 0 Å². The molecule has 1 aliphatic carbocycles. The Morgan fingerprint density at radius 1 is 1.11 bits per heavy atom. The summed E-state index contributed by atoms with van der Waals surface area (Å²) < 4.78 is 11.7. The summed E-state index contributed by atoms with van der Waals surface area (Å²) in [6, 6.07) is 17.0. The normalized spacial score (nSPS) is 13.4. The van der Waals surface area contributed by atoms with E-state index in [4.69, 9.17) is 9.15 Å². The molecule has 190 valence electrons. The highest BCUT2D eigenvalue weighted by Gasteiger charge is 2.26. The first-order valence-corrected chi connectivity index (χ1v) is 12.2. The molecule has 0 aliphatic heterocycles. The van der Waals surface area contributed by atoms with Gasteiger partial charge in [0.1, 0.15) is 11.5 Å². The van der Waals surface area contributed by atoms with Crippen LogP contribution in [-0.4, -0.2) is 33.9 Å². The van der Waals surface area contributed by atoms with E-state index in [2.05, 4.69) is 15.7 Å². The fourth-order valence-electron chi connectivity index (χ4n) is 4.62. The zero-order valence-electron chi connectivity index (χ0n) is 20.4. The van der Waals surface area contributed by atoms with Crippen molar-refractivity contribution in [3.8, 4) is 22.8 Å². The molecule has 5 rings (SSSR count). The fraction of sp³-hybridized carbons (Fsp3) is 0.250. The van der Waals surface area contributed by atoms with Crippen LogP contribution in [0, 0.1) is 0 Å². The molecule has 2 heterocycles. The van der Waals surface area contributed by atoms with Crippen molar-refractivity contribution in [2.45, 2.75) is 38.1 Å². The van der Waals surface area contributed by atoms with Crippen LogP contribution in [0.2, 0.25) is 0 Å². The third-order valence-electron chi connectivity index (χ3n) is 6.58.